The summed E-state index contributed by atoms with van der Waals surface area (Å²) >= 11 is 0. The van der Waals surface area contributed by atoms with Gasteiger partial charge in [-0.25, -0.2) is 14.4 Å². The van der Waals surface area contributed by atoms with Gasteiger partial charge in [-0.2, -0.15) is 0 Å². The zero-order valence-electron chi connectivity index (χ0n) is 25.0. The number of likely N-dealkylation sites (tertiary alicyclic amines) is 1. The van der Waals surface area contributed by atoms with Gasteiger partial charge in [-0.3, -0.25) is 18.8 Å². The number of carboxylic acids is 1. The normalized spacial score (nSPS) is 17.4. The molecular weight excluding hydrogens is 581 g/mol. The smallest absolute Gasteiger partial charge is 0.322 e. The van der Waals surface area contributed by atoms with E-state index in [0.29, 0.717) is 67.3 Å². The summed E-state index contributed by atoms with van der Waals surface area (Å²) in [7, 11) is 1.42. The summed E-state index contributed by atoms with van der Waals surface area (Å²) in [5, 5.41) is 15.5. The van der Waals surface area contributed by atoms with Crippen molar-refractivity contribution >= 4 is 34.9 Å². The van der Waals surface area contributed by atoms with Gasteiger partial charge < -0.3 is 30.3 Å². The largest absolute Gasteiger partial charge is 0.494 e. The van der Waals surface area contributed by atoms with Crippen LogP contribution in [0.1, 0.15) is 28.8 Å². The van der Waals surface area contributed by atoms with Crippen LogP contribution in [0.3, 0.4) is 0 Å². The molecule has 0 saturated carbocycles. The molecule has 13 heteroatoms. The lowest BCUT2D eigenvalue weighted by atomic mass is 9.94. The number of methoxy groups -OCH3 is 1. The maximum absolute atomic E-state index is 14.4. The van der Waals surface area contributed by atoms with Crippen molar-refractivity contribution in [2.45, 2.75) is 25.8 Å². The Morgan fingerprint density at radius 1 is 1.07 bits per heavy atom. The average molecular weight is 616 g/mol. The number of rotatable bonds is 7. The van der Waals surface area contributed by atoms with E-state index in [2.05, 4.69) is 20.6 Å². The van der Waals surface area contributed by atoms with Crippen molar-refractivity contribution in [3.05, 3.63) is 71.9 Å². The van der Waals surface area contributed by atoms with E-state index in [1.54, 1.807) is 46.6 Å². The number of imidazole rings is 1. The molecule has 45 heavy (non-hydrogen) atoms. The number of piperazine rings is 1. The van der Waals surface area contributed by atoms with Crippen LogP contribution in [0.2, 0.25) is 0 Å². The number of carboxylic acid groups (broad SMARTS) is 1. The van der Waals surface area contributed by atoms with Crippen LogP contribution in [0.5, 0.6) is 5.75 Å². The predicted octanol–water partition coefficient (Wildman–Crippen LogP) is 3.33. The molecule has 1 unspecified atom stereocenters. The Labute approximate surface area is 258 Å². The highest BCUT2D eigenvalue weighted by Gasteiger charge is 2.34. The van der Waals surface area contributed by atoms with E-state index in [-0.39, 0.29) is 30.0 Å². The number of aliphatic carboxylic acids is 1. The molecule has 12 nitrogen and oxygen atoms in total. The first kappa shape index (κ1) is 30.0. The monoisotopic (exact) mass is 615 g/mol. The molecule has 2 amide bonds. The number of hydrogen-bond donors (Lipinski definition) is 3. The molecule has 4 aromatic rings. The molecule has 1 atom stereocenters. The van der Waals surface area contributed by atoms with E-state index in [1.807, 2.05) is 23.5 Å². The number of carbonyl (C=O) groups excluding carboxylic acids is 2. The number of hydrogen-bond acceptors (Lipinski definition) is 8. The number of benzene rings is 2. The Balaban J connectivity index is 1.11. The van der Waals surface area contributed by atoms with E-state index < -0.39 is 17.8 Å². The van der Waals surface area contributed by atoms with Crippen LogP contribution in [-0.2, 0) is 9.59 Å². The molecule has 234 valence electrons. The molecule has 0 bridgehead atoms. The number of fused-ring (bicyclic) bond motifs is 1. The van der Waals surface area contributed by atoms with Gasteiger partial charge in [0.1, 0.15) is 6.04 Å². The molecule has 3 N–H and O–H groups in total. The van der Waals surface area contributed by atoms with Crippen molar-refractivity contribution in [1.29, 1.82) is 0 Å². The van der Waals surface area contributed by atoms with Gasteiger partial charge in [-0.15, -0.1) is 0 Å². The maximum atomic E-state index is 14.4. The number of aryl methyl sites for hydroxylation is 1. The molecule has 2 aromatic heterocycles. The van der Waals surface area contributed by atoms with Crippen LogP contribution in [0.15, 0.2) is 55.0 Å². The Kier molecular flexibility index (Phi) is 8.35. The summed E-state index contributed by atoms with van der Waals surface area (Å²) in [5.41, 5.74) is 3.97. The van der Waals surface area contributed by atoms with Crippen LogP contribution < -0.4 is 15.4 Å². The highest BCUT2D eigenvalue weighted by molar-refractivity contribution is 5.96. The minimum absolute atomic E-state index is 0.0363. The number of halogens is 1. The van der Waals surface area contributed by atoms with Crippen molar-refractivity contribution in [1.82, 2.24) is 29.5 Å². The second-order valence-corrected chi connectivity index (χ2v) is 11.3. The van der Waals surface area contributed by atoms with Gasteiger partial charge in [0.15, 0.2) is 23.0 Å². The minimum atomic E-state index is -0.962. The minimum Gasteiger partial charge on any atom is -0.494 e. The Morgan fingerprint density at radius 2 is 1.87 bits per heavy atom. The summed E-state index contributed by atoms with van der Waals surface area (Å²) in [6, 6.07) is 9.45. The number of ether oxygens (including phenoxy) is 1. The molecule has 0 radical (unpaired) electrons. The van der Waals surface area contributed by atoms with Crippen LogP contribution in [-0.4, -0.2) is 92.9 Å². The lowest BCUT2D eigenvalue weighted by molar-refractivity contribution is -0.144. The van der Waals surface area contributed by atoms with E-state index in [9.17, 15) is 23.9 Å². The molecule has 6 rings (SSSR count). The molecule has 2 aromatic carbocycles. The van der Waals surface area contributed by atoms with E-state index >= 15 is 0 Å². The van der Waals surface area contributed by atoms with Gasteiger partial charge in [0.2, 0.25) is 5.91 Å². The fraction of sp³-hybridized carbons (Fsp3) is 0.344. The van der Waals surface area contributed by atoms with Crippen molar-refractivity contribution in [2.24, 2.45) is 5.92 Å². The van der Waals surface area contributed by atoms with Crippen molar-refractivity contribution < 1.29 is 28.6 Å². The Morgan fingerprint density at radius 3 is 2.58 bits per heavy atom. The number of amides is 2. The lowest BCUT2D eigenvalue weighted by Crippen LogP contribution is -2.57. The average Bonchev–Trinajstić information content (AvgIpc) is 3.49. The number of aromatic nitrogens is 3. The zero-order valence-corrected chi connectivity index (χ0v) is 25.0. The molecule has 2 saturated heterocycles. The van der Waals surface area contributed by atoms with Crippen molar-refractivity contribution in [3.8, 4) is 17.0 Å². The first-order valence-corrected chi connectivity index (χ1v) is 14.8. The third-order valence-electron chi connectivity index (χ3n) is 8.51. The van der Waals surface area contributed by atoms with Crippen LogP contribution >= 0.6 is 0 Å². The zero-order chi connectivity index (χ0) is 31.7. The van der Waals surface area contributed by atoms with Crippen molar-refractivity contribution in [2.75, 3.05) is 45.2 Å². The molecule has 2 aliphatic rings. The molecule has 0 aliphatic carbocycles. The van der Waals surface area contributed by atoms with E-state index in [0.717, 1.165) is 11.3 Å². The highest BCUT2D eigenvalue weighted by atomic mass is 19.1. The topological polar surface area (TPSA) is 141 Å². The molecule has 2 fully saturated rings. The van der Waals surface area contributed by atoms with E-state index in [1.165, 1.54) is 13.2 Å². The van der Waals surface area contributed by atoms with Gasteiger partial charge in [-0.1, -0.05) is 0 Å². The van der Waals surface area contributed by atoms with E-state index in [4.69, 9.17) is 4.74 Å². The number of anilines is 2. The molecule has 4 heterocycles. The van der Waals surface area contributed by atoms with Crippen LogP contribution in [0.4, 0.5) is 15.9 Å². The first-order chi connectivity index (χ1) is 21.7. The SMILES string of the molecule is COc1ccc(-c2cnc3c(Nc4ccc(C(=O)N5CCC(C(=O)N6CCNC(C(=O)O)C6)CC5)c(C)c4)nccn23)cc1F. The number of carbonyl (C=O) groups is 3. The summed E-state index contributed by atoms with van der Waals surface area (Å²) < 4.78 is 21.2. The third-order valence-corrected chi connectivity index (χ3v) is 8.51. The second-order valence-electron chi connectivity index (χ2n) is 11.3. The van der Waals surface area contributed by atoms with Gasteiger partial charge in [0, 0.05) is 67.8 Å². The van der Waals surface area contributed by atoms with Gasteiger partial charge in [0.05, 0.1) is 19.0 Å². The fourth-order valence-electron chi connectivity index (χ4n) is 6.04. The second kappa shape index (κ2) is 12.5. The van der Waals surface area contributed by atoms with Crippen molar-refractivity contribution in [3.63, 3.8) is 0 Å². The summed E-state index contributed by atoms with van der Waals surface area (Å²) in [6.45, 7) is 3.86. The van der Waals surface area contributed by atoms with Gasteiger partial charge in [0.25, 0.3) is 5.91 Å². The predicted molar refractivity (Wildman–Crippen MR) is 164 cm³/mol. The standard InChI is InChI=1S/C32H34FN7O5/c1-19-15-22(37-28-29-36-17-26(40(29)14-10-35-28)21-3-6-27(45-2)24(33)16-21)4-5-23(19)31(42)38-11-7-20(8-12-38)30(41)39-13-9-34-25(18-39)32(43)44/h3-6,10,14-17,20,25,34H,7-9,11-13,18H2,1-2H3,(H,35,37)(H,43,44). The third kappa shape index (κ3) is 6.03. The molecular formula is C32H34FN7O5. The summed E-state index contributed by atoms with van der Waals surface area (Å²) in [4.78, 5) is 50.2. The number of piperidine rings is 1. The summed E-state index contributed by atoms with van der Waals surface area (Å²) in [6.07, 6.45) is 6.12. The fourth-order valence-corrected chi connectivity index (χ4v) is 6.04. The maximum Gasteiger partial charge on any atom is 0.322 e. The Hall–Kier alpha value is -5.04. The highest BCUT2D eigenvalue weighted by Crippen LogP contribution is 2.29. The van der Waals surface area contributed by atoms with Gasteiger partial charge in [-0.05, 0) is 61.7 Å². The van der Waals surface area contributed by atoms with Crippen LogP contribution in [0, 0.1) is 18.7 Å². The number of nitrogens with one attached hydrogen (secondary N) is 2. The quantitative estimate of drug-likeness (QED) is 0.286. The number of nitrogens with zero attached hydrogens (tertiary/aromatic N) is 5. The first-order valence-electron chi connectivity index (χ1n) is 14.8. The van der Waals surface area contributed by atoms with Gasteiger partial charge >= 0.3 is 5.97 Å². The summed E-state index contributed by atoms with van der Waals surface area (Å²) in [5.74, 6) is -1.12. The molecule has 2 aliphatic heterocycles. The molecule has 0 spiro atoms. The van der Waals surface area contributed by atoms with Crippen LogP contribution in [0.25, 0.3) is 16.9 Å². The lowest BCUT2D eigenvalue weighted by Gasteiger charge is -2.37. The Bertz CT molecular complexity index is 1770.